The smallest absolute Gasteiger partial charge is 0.295 e. The number of anilines is 4. The molecule has 4 N–H and O–H groups in total. The van der Waals surface area contributed by atoms with Crippen LogP contribution in [0.4, 0.5) is 23.0 Å². The number of pyridine rings is 2. The van der Waals surface area contributed by atoms with Crippen LogP contribution < -0.4 is 10.6 Å². The van der Waals surface area contributed by atoms with Crippen LogP contribution in [0.15, 0.2) is 95.0 Å². The first kappa shape index (κ1) is 25.0. The summed E-state index contributed by atoms with van der Waals surface area (Å²) in [6.07, 6.45) is 5.77. The molecule has 0 atom stereocenters. The van der Waals surface area contributed by atoms with Gasteiger partial charge in [-0.3, -0.25) is 9.11 Å². The van der Waals surface area contributed by atoms with Crippen LogP contribution in [0.5, 0.6) is 0 Å². The first-order valence-electron chi connectivity index (χ1n) is 10.4. The SMILES string of the molecule is O=S(=O)(O)c1cc(Nc2ccccn2)ccc1/C=C/c1ccc(Nc2ccccn2)cc1S(=O)(=O)O. The molecule has 2 aromatic heterocycles. The Balaban J connectivity index is 1.68. The number of rotatable bonds is 8. The molecule has 4 rings (SSSR count). The lowest BCUT2D eigenvalue weighted by atomic mass is 10.1. The lowest BCUT2D eigenvalue weighted by Gasteiger charge is -2.10. The first-order chi connectivity index (χ1) is 17.1. The summed E-state index contributed by atoms with van der Waals surface area (Å²) in [4.78, 5) is 7.40. The molecule has 0 aliphatic rings. The van der Waals surface area contributed by atoms with Gasteiger partial charge in [-0.25, -0.2) is 9.97 Å². The van der Waals surface area contributed by atoms with E-state index in [2.05, 4.69) is 20.6 Å². The first-order valence-corrected chi connectivity index (χ1v) is 13.2. The zero-order valence-electron chi connectivity index (χ0n) is 18.5. The van der Waals surface area contributed by atoms with E-state index in [1.54, 1.807) is 60.9 Å². The maximum Gasteiger partial charge on any atom is 0.295 e. The summed E-state index contributed by atoms with van der Waals surface area (Å²) in [5.74, 6) is 0.943. The van der Waals surface area contributed by atoms with Crippen LogP contribution in [-0.4, -0.2) is 35.9 Å². The van der Waals surface area contributed by atoms with Crippen molar-refractivity contribution in [1.29, 1.82) is 0 Å². The molecule has 36 heavy (non-hydrogen) atoms. The Hall–Kier alpha value is -4.10. The number of hydrogen-bond donors (Lipinski definition) is 4. The van der Waals surface area contributed by atoms with Crippen LogP contribution in [0.1, 0.15) is 11.1 Å². The summed E-state index contributed by atoms with van der Waals surface area (Å²) in [7, 11) is -9.26. The van der Waals surface area contributed by atoms with Gasteiger partial charge in [0, 0.05) is 23.8 Å². The van der Waals surface area contributed by atoms with E-state index in [1.807, 2.05) is 0 Å². The van der Waals surface area contributed by atoms with Gasteiger partial charge in [0.05, 0.1) is 0 Å². The molecule has 184 valence electrons. The molecule has 4 aromatic rings. The number of nitrogens with one attached hydrogen (secondary N) is 2. The highest BCUT2D eigenvalue weighted by molar-refractivity contribution is 7.86. The van der Waals surface area contributed by atoms with Gasteiger partial charge in [-0.15, -0.1) is 0 Å². The molecule has 0 aliphatic carbocycles. The van der Waals surface area contributed by atoms with Crippen molar-refractivity contribution in [3.8, 4) is 0 Å². The van der Waals surface area contributed by atoms with E-state index in [1.165, 1.54) is 36.4 Å². The lowest BCUT2D eigenvalue weighted by molar-refractivity contribution is 0.480. The highest BCUT2D eigenvalue weighted by Crippen LogP contribution is 2.27. The van der Waals surface area contributed by atoms with Crippen molar-refractivity contribution in [2.45, 2.75) is 9.79 Å². The van der Waals surface area contributed by atoms with Gasteiger partial charge < -0.3 is 10.6 Å². The van der Waals surface area contributed by atoms with Crippen molar-refractivity contribution in [2.24, 2.45) is 0 Å². The third-order valence-corrected chi connectivity index (χ3v) is 6.72. The second-order valence-corrected chi connectivity index (χ2v) is 10.2. The van der Waals surface area contributed by atoms with Crippen molar-refractivity contribution in [3.05, 3.63) is 96.3 Å². The van der Waals surface area contributed by atoms with Gasteiger partial charge in [-0.2, -0.15) is 16.8 Å². The second-order valence-electron chi connectivity index (χ2n) is 7.47. The Morgan fingerprint density at radius 2 is 1.03 bits per heavy atom. The van der Waals surface area contributed by atoms with E-state index in [4.69, 9.17) is 0 Å². The van der Waals surface area contributed by atoms with Crippen molar-refractivity contribution < 1.29 is 25.9 Å². The molecule has 12 heteroatoms. The van der Waals surface area contributed by atoms with E-state index < -0.39 is 30.0 Å². The summed E-state index contributed by atoms with van der Waals surface area (Å²) >= 11 is 0. The van der Waals surface area contributed by atoms with Gasteiger partial charge in [0.2, 0.25) is 0 Å². The number of aromatic nitrogens is 2. The molecule has 0 saturated carbocycles. The van der Waals surface area contributed by atoms with Gasteiger partial charge in [-0.05, 0) is 59.7 Å². The molecule has 0 radical (unpaired) electrons. The fourth-order valence-corrected chi connectivity index (χ4v) is 4.71. The van der Waals surface area contributed by atoms with Gasteiger partial charge in [-0.1, -0.05) is 36.4 Å². The highest BCUT2D eigenvalue weighted by Gasteiger charge is 2.18. The van der Waals surface area contributed by atoms with Crippen LogP contribution in [-0.2, 0) is 20.2 Å². The summed E-state index contributed by atoms with van der Waals surface area (Å²) < 4.78 is 67.7. The van der Waals surface area contributed by atoms with E-state index >= 15 is 0 Å². The minimum atomic E-state index is -4.63. The molecule has 0 spiro atoms. The topological polar surface area (TPSA) is 159 Å². The van der Waals surface area contributed by atoms with Crippen molar-refractivity contribution in [3.63, 3.8) is 0 Å². The van der Waals surface area contributed by atoms with Crippen molar-refractivity contribution in [1.82, 2.24) is 9.97 Å². The molecule has 0 bridgehead atoms. The lowest BCUT2D eigenvalue weighted by Crippen LogP contribution is -2.03. The summed E-state index contributed by atoms with van der Waals surface area (Å²) in [5, 5.41) is 5.87. The Morgan fingerprint density at radius 3 is 1.36 bits per heavy atom. The van der Waals surface area contributed by atoms with Gasteiger partial charge in [0.25, 0.3) is 20.2 Å². The number of benzene rings is 2. The molecule has 0 fully saturated rings. The Bertz CT molecular complexity index is 1500. The molecule has 2 heterocycles. The highest BCUT2D eigenvalue weighted by atomic mass is 32.2. The molecule has 10 nitrogen and oxygen atoms in total. The average molecular weight is 525 g/mol. The summed E-state index contributed by atoms with van der Waals surface area (Å²) in [6.45, 7) is 0. The number of nitrogens with zero attached hydrogens (tertiary/aromatic N) is 2. The fraction of sp³-hybridized carbons (Fsp3) is 0. The summed E-state index contributed by atoms with van der Waals surface area (Å²) in [5.41, 5.74) is 0.922. The molecule has 0 aliphatic heterocycles. The molecule has 0 amide bonds. The molecular formula is C24H20N4O6S2. The zero-order valence-corrected chi connectivity index (χ0v) is 20.1. The van der Waals surface area contributed by atoms with E-state index in [0.717, 1.165) is 0 Å². The van der Waals surface area contributed by atoms with E-state index in [9.17, 15) is 25.9 Å². The Kier molecular flexibility index (Phi) is 7.12. The van der Waals surface area contributed by atoms with Crippen molar-refractivity contribution >= 4 is 55.4 Å². The fourth-order valence-electron chi connectivity index (χ4n) is 3.30. The number of hydrogen-bond acceptors (Lipinski definition) is 8. The van der Waals surface area contributed by atoms with Crippen LogP contribution in [0, 0.1) is 0 Å². The van der Waals surface area contributed by atoms with Gasteiger partial charge in [0.15, 0.2) is 0 Å². The van der Waals surface area contributed by atoms with E-state index in [0.29, 0.717) is 23.0 Å². The van der Waals surface area contributed by atoms with Crippen LogP contribution >= 0.6 is 0 Å². The third kappa shape index (κ3) is 6.31. The monoisotopic (exact) mass is 524 g/mol. The van der Waals surface area contributed by atoms with Crippen LogP contribution in [0.25, 0.3) is 12.2 Å². The normalized spacial score (nSPS) is 11.9. The quantitative estimate of drug-likeness (QED) is 0.189. The third-order valence-electron chi connectivity index (χ3n) is 4.90. The predicted octanol–water partition coefficient (Wildman–Crippen LogP) is 4.63. The van der Waals surface area contributed by atoms with Gasteiger partial charge >= 0.3 is 0 Å². The summed E-state index contributed by atoms with van der Waals surface area (Å²) in [6, 6.07) is 18.8. The standard InChI is InChI=1S/C24H20N4O6S2/c29-35(30,31)21-15-19(27-23-5-1-3-13-25-23)11-9-17(21)7-8-18-10-12-20(16-22(18)36(32,33)34)28-24-6-2-4-14-26-24/h1-16H,(H,25,27)(H,26,28)(H,29,30,31)(H,32,33,34)/b8-7+. The van der Waals surface area contributed by atoms with Crippen molar-refractivity contribution in [2.75, 3.05) is 10.6 Å². The Morgan fingerprint density at radius 1 is 0.611 bits per heavy atom. The zero-order chi connectivity index (χ0) is 25.8. The molecule has 0 saturated heterocycles. The maximum absolute atomic E-state index is 12.0. The minimum Gasteiger partial charge on any atom is -0.340 e. The largest absolute Gasteiger partial charge is 0.340 e. The van der Waals surface area contributed by atoms with Gasteiger partial charge in [0.1, 0.15) is 21.4 Å². The predicted molar refractivity (Wildman–Crippen MR) is 136 cm³/mol. The second kappa shape index (κ2) is 10.3. The van der Waals surface area contributed by atoms with Crippen LogP contribution in [0.2, 0.25) is 0 Å². The molecular weight excluding hydrogens is 504 g/mol. The Labute approximate surface area is 207 Å². The van der Waals surface area contributed by atoms with E-state index in [-0.39, 0.29) is 11.1 Å². The minimum absolute atomic E-state index is 0.0982. The molecule has 0 unspecified atom stereocenters. The average Bonchev–Trinajstić information content (AvgIpc) is 2.84. The molecule has 2 aromatic carbocycles. The maximum atomic E-state index is 12.0. The van der Waals surface area contributed by atoms with Crippen LogP contribution in [0.3, 0.4) is 0 Å².